The summed E-state index contributed by atoms with van der Waals surface area (Å²) in [4.78, 5) is 8.78. The second kappa shape index (κ2) is 7.64. The summed E-state index contributed by atoms with van der Waals surface area (Å²) in [6.45, 7) is 8.07. The van der Waals surface area contributed by atoms with Gasteiger partial charge >= 0.3 is 0 Å². The molecule has 2 aromatic rings. The summed E-state index contributed by atoms with van der Waals surface area (Å²) in [5.41, 5.74) is 3.96. The number of nitrogens with zero attached hydrogens (tertiary/aromatic N) is 4. The predicted octanol–water partition coefficient (Wildman–Crippen LogP) is 2.43. The number of aryl methyl sites for hydroxylation is 2. The first-order valence-electron chi connectivity index (χ1n) is 8.65. The Labute approximate surface area is 149 Å². The molecule has 2 heterocycles. The average Bonchev–Trinajstić information content (AvgIpc) is 2.61. The van der Waals surface area contributed by atoms with Crippen molar-refractivity contribution in [3.8, 4) is 6.07 Å². The lowest BCUT2D eigenvalue weighted by atomic mass is 10.0. The van der Waals surface area contributed by atoms with Crippen molar-refractivity contribution in [1.82, 2.24) is 9.88 Å². The summed E-state index contributed by atoms with van der Waals surface area (Å²) in [5.74, 6) is 0.763. The molecule has 1 fully saturated rings. The van der Waals surface area contributed by atoms with E-state index < -0.39 is 6.10 Å². The molecule has 1 atom stereocenters. The van der Waals surface area contributed by atoms with E-state index in [0.29, 0.717) is 12.1 Å². The van der Waals surface area contributed by atoms with Gasteiger partial charge in [0.15, 0.2) is 0 Å². The predicted molar refractivity (Wildman–Crippen MR) is 98.5 cm³/mol. The fourth-order valence-electron chi connectivity index (χ4n) is 3.43. The van der Waals surface area contributed by atoms with Gasteiger partial charge in [-0.3, -0.25) is 4.90 Å². The Balaban J connectivity index is 1.60. The molecule has 0 spiro atoms. The van der Waals surface area contributed by atoms with Crippen molar-refractivity contribution in [2.24, 2.45) is 0 Å². The van der Waals surface area contributed by atoms with Crippen LogP contribution in [0, 0.1) is 25.2 Å². The third-order valence-corrected chi connectivity index (χ3v) is 4.64. The number of benzene rings is 1. The van der Waals surface area contributed by atoms with Gasteiger partial charge in [-0.1, -0.05) is 29.3 Å². The summed E-state index contributed by atoms with van der Waals surface area (Å²) >= 11 is 0. The van der Waals surface area contributed by atoms with Gasteiger partial charge in [0, 0.05) is 38.9 Å². The van der Waals surface area contributed by atoms with Gasteiger partial charge in [0.05, 0.1) is 11.7 Å². The van der Waals surface area contributed by atoms with Gasteiger partial charge in [-0.25, -0.2) is 4.98 Å². The molecule has 5 heteroatoms. The van der Waals surface area contributed by atoms with Crippen LogP contribution >= 0.6 is 0 Å². The van der Waals surface area contributed by atoms with Gasteiger partial charge in [-0.05, 0) is 31.5 Å². The maximum atomic E-state index is 10.6. The van der Waals surface area contributed by atoms with Crippen LogP contribution in [0.3, 0.4) is 0 Å². The number of nitriles is 1. The standard InChI is InChI=1S/C20H24N4O/c1-15-10-16(2)12-18(11-15)19(25)14-23-6-8-24(9-7-23)20-17(13-21)4-3-5-22-20/h3-5,10-12,19,25H,6-9,14H2,1-2H3. The van der Waals surface area contributed by atoms with Crippen LogP contribution in [-0.2, 0) is 0 Å². The molecule has 0 bridgehead atoms. The molecule has 1 saturated heterocycles. The number of β-amino-alcohol motifs (C(OH)–C–C–N with tert-alkyl or cyclic N) is 1. The number of aromatic nitrogens is 1. The minimum Gasteiger partial charge on any atom is -0.387 e. The highest BCUT2D eigenvalue weighted by Gasteiger charge is 2.22. The Morgan fingerprint density at radius 2 is 1.84 bits per heavy atom. The van der Waals surface area contributed by atoms with Crippen LogP contribution in [0.25, 0.3) is 0 Å². The van der Waals surface area contributed by atoms with Gasteiger partial charge in [-0.15, -0.1) is 0 Å². The van der Waals surface area contributed by atoms with Crippen molar-refractivity contribution >= 4 is 5.82 Å². The molecular formula is C20H24N4O. The van der Waals surface area contributed by atoms with E-state index in [1.807, 2.05) is 0 Å². The lowest BCUT2D eigenvalue weighted by molar-refractivity contribution is 0.109. The van der Waals surface area contributed by atoms with E-state index >= 15 is 0 Å². The molecular weight excluding hydrogens is 312 g/mol. The molecule has 1 aromatic heterocycles. The Kier molecular flexibility index (Phi) is 5.32. The van der Waals surface area contributed by atoms with Crippen molar-refractivity contribution in [2.75, 3.05) is 37.6 Å². The molecule has 1 aliphatic rings. The van der Waals surface area contributed by atoms with Gasteiger partial charge in [0.2, 0.25) is 0 Å². The molecule has 1 aromatic carbocycles. The molecule has 0 radical (unpaired) electrons. The van der Waals surface area contributed by atoms with Gasteiger partial charge in [0.25, 0.3) is 0 Å². The zero-order valence-electron chi connectivity index (χ0n) is 14.8. The lowest BCUT2D eigenvalue weighted by Crippen LogP contribution is -2.48. The van der Waals surface area contributed by atoms with Gasteiger partial charge in [-0.2, -0.15) is 5.26 Å². The maximum absolute atomic E-state index is 10.6. The summed E-state index contributed by atoms with van der Waals surface area (Å²) in [7, 11) is 0. The lowest BCUT2D eigenvalue weighted by Gasteiger charge is -2.36. The summed E-state index contributed by atoms with van der Waals surface area (Å²) in [6.07, 6.45) is 1.25. The number of aliphatic hydroxyl groups is 1. The Hall–Kier alpha value is -2.42. The fourth-order valence-corrected chi connectivity index (χ4v) is 3.43. The van der Waals surface area contributed by atoms with Crippen molar-refractivity contribution in [3.05, 3.63) is 58.8 Å². The van der Waals surface area contributed by atoms with Crippen LogP contribution in [0.4, 0.5) is 5.82 Å². The third kappa shape index (κ3) is 4.16. The van der Waals surface area contributed by atoms with E-state index in [-0.39, 0.29) is 0 Å². The number of rotatable bonds is 4. The molecule has 25 heavy (non-hydrogen) atoms. The third-order valence-electron chi connectivity index (χ3n) is 4.64. The Morgan fingerprint density at radius 3 is 2.48 bits per heavy atom. The number of anilines is 1. The second-order valence-corrected chi connectivity index (χ2v) is 6.71. The first-order valence-corrected chi connectivity index (χ1v) is 8.65. The van der Waals surface area contributed by atoms with Crippen LogP contribution in [-0.4, -0.2) is 47.7 Å². The monoisotopic (exact) mass is 336 g/mol. The topological polar surface area (TPSA) is 63.4 Å². The van der Waals surface area contributed by atoms with Crippen LogP contribution < -0.4 is 4.90 Å². The largest absolute Gasteiger partial charge is 0.387 e. The van der Waals surface area contributed by atoms with Gasteiger partial charge < -0.3 is 10.0 Å². The van der Waals surface area contributed by atoms with Crippen LogP contribution in [0.5, 0.6) is 0 Å². The highest BCUT2D eigenvalue weighted by atomic mass is 16.3. The number of hydrogen-bond acceptors (Lipinski definition) is 5. The van der Waals surface area contributed by atoms with Crippen LogP contribution in [0.2, 0.25) is 0 Å². The molecule has 0 aliphatic carbocycles. The fraction of sp³-hybridized carbons (Fsp3) is 0.400. The molecule has 130 valence electrons. The molecule has 3 rings (SSSR count). The van der Waals surface area contributed by atoms with Crippen LogP contribution in [0.1, 0.15) is 28.4 Å². The number of hydrogen-bond donors (Lipinski definition) is 1. The van der Waals surface area contributed by atoms with E-state index in [0.717, 1.165) is 37.6 Å². The summed E-state index contributed by atoms with van der Waals surface area (Å²) < 4.78 is 0. The minimum absolute atomic E-state index is 0.477. The number of pyridine rings is 1. The quantitative estimate of drug-likeness (QED) is 0.929. The molecule has 1 aliphatic heterocycles. The minimum atomic E-state index is -0.477. The first kappa shape index (κ1) is 17.4. The summed E-state index contributed by atoms with van der Waals surface area (Å²) in [5, 5.41) is 19.8. The Bertz CT molecular complexity index is 755. The van der Waals surface area contributed by atoms with E-state index in [1.54, 1.807) is 18.3 Å². The molecule has 5 nitrogen and oxygen atoms in total. The number of aliphatic hydroxyl groups excluding tert-OH is 1. The van der Waals surface area contributed by atoms with Crippen LogP contribution in [0.15, 0.2) is 36.5 Å². The highest BCUT2D eigenvalue weighted by Crippen LogP contribution is 2.21. The number of piperazine rings is 1. The van der Waals surface area contributed by atoms with E-state index in [1.165, 1.54) is 11.1 Å². The van der Waals surface area contributed by atoms with Crippen molar-refractivity contribution < 1.29 is 5.11 Å². The van der Waals surface area contributed by atoms with Gasteiger partial charge in [0.1, 0.15) is 11.9 Å². The Morgan fingerprint density at radius 1 is 1.16 bits per heavy atom. The zero-order chi connectivity index (χ0) is 17.8. The smallest absolute Gasteiger partial charge is 0.146 e. The normalized spacial score (nSPS) is 16.5. The van der Waals surface area contributed by atoms with Crippen molar-refractivity contribution in [2.45, 2.75) is 20.0 Å². The highest BCUT2D eigenvalue weighted by molar-refractivity contribution is 5.53. The van der Waals surface area contributed by atoms with E-state index in [9.17, 15) is 10.4 Å². The summed E-state index contributed by atoms with van der Waals surface area (Å²) in [6, 6.07) is 12.0. The second-order valence-electron chi connectivity index (χ2n) is 6.71. The molecule has 0 saturated carbocycles. The molecule has 1 unspecified atom stereocenters. The maximum Gasteiger partial charge on any atom is 0.146 e. The zero-order valence-corrected chi connectivity index (χ0v) is 14.8. The van der Waals surface area contributed by atoms with Crippen molar-refractivity contribution in [3.63, 3.8) is 0 Å². The van der Waals surface area contributed by atoms with E-state index in [4.69, 9.17) is 0 Å². The molecule has 0 amide bonds. The van der Waals surface area contributed by atoms with Crippen molar-refractivity contribution in [1.29, 1.82) is 5.26 Å². The average molecular weight is 336 g/mol. The SMILES string of the molecule is Cc1cc(C)cc(C(O)CN2CCN(c3ncccc3C#N)CC2)c1. The molecule has 1 N–H and O–H groups in total. The first-order chi connectivity index (χ1) is 12.1. The van der Waals surface area contributed by atoms with E-state index in [2.05, 4.69) is 52.9 Å².